The lowest BCUT2D eigenvalue weighted by molar-refractivity contribution is -0.118. The lowest BCUT2D eigenvalue weighted by Crippen LogP contribution is -2.45. The number of amides is 4. The van der Waals surface area contributed by atoms with Gasteiger partial charge in [0.1, 0.15) is 6.04 Å². The Kier molecular flexibility index (Phi) is 8.93. The smallest absolute Gasteiger partial charge is 0.399 e. The largest absolute Gasteiger partial charge is 0.414 e. The summed E-state index contributed by atoms with van der Waals surface area (Å²) in [4.78, 5) is 38.5. The normalized spacial score (nSPS) is 14.5. The Morgan fingerprint density at radius 2 is 1.94 bits per heavy atom. The van der Waals surface area contributed by atoms with Gasteiger partial charge in [0, 0.05) is 25.3 Å². The predicted octanol–water partition coefficient (Wildman–Crippen LogP) is 2.98. The number of primary amides is 1. The minimum absolute atomic E-state index is 0.280. The fourth-order valence-corrected chi connectivity index (χ4v) is 4.42. The van der Waals surface area contributed by atoms with Crippen molar-refractivity contribution in [2.24, 2.45) is 5.73 Å². The van der Waals surface area contributed by atoms with Crippen LogP contribution in [-0.2, 0) is 17.6 Å². The van der Waals surface area contributed by atoms with Gasteiger partial charge in [0.2, 0.25) is 5.91 Å². The number of nitrogens with zero attached hydrogens (tertiary/aromatic N) is 1. The van der Waals surface area contributed by atoms with Crippen LogP contribution in [0, 0.1) is 0 Å². The second-order valence-corrected chi connectivity index (χ2v) is 9.53. The van der Waals surface area contributed by atoms with Gasteiger partial charge >= 0.3 is 12.1 Å². The molecule has 1 aliphatic rings. The minimum atomic E-state index is -0.868. The maximum atomic E-state index is 13.0. The molecular weight excluding hydrogens is 466 g/mol. The molecule has 0 saturated carbocycles. The molecule has 33 heavy (non-hydrogen) atoms. The maximum absolute atomic E-state index is 13.0. The van der Waals surface area contributed by atoms with Crippen molar-refractivity contribution >= 4 is 46.7 Å². The Morgan fingerprint density at radius 3 is 2.64 bits per heavy atom. The first kappa shape index (κ1) is 24.8. The second-order valence-electron chi connectivity index (χ2n) is 7.85. The molecule has 2 heterocycles. The maximum Gasteiger partial charge on any atom is 0.414 e. The number of thiophene rings is 1. The fourth-order valence-electron chi connectivity index (χ4n) is 3.55. The molecule has 1 aromatic carbocycles. The van der Waals surface area contributed by atoms with Gasteiger partial charge in [0.05, 0.1) is 4.34 Å². The zero-order valence-corrected chi connectivity index (χ0v) is 19.9. The molecule has 1 atom stereocenters. The highest BCUT2D eigenvalue weighted by Crippen LogP contribution is 2.28. The Bertz CT molecular complexity index is 999. The first-order valence-electron chi connectivity index (χ1n) is 10.7. The van der Waals surface area contributed by atoms with Crippen LogP contribution in [0.25, 0.3) is 0 Å². The molecule has 5 N–H and O–H groups in total. The Morgan fingerprint density at radius 1 is 1.18 bits per heavy atom. The van der Waals surface area contributed by atoms with Crippen LogP contribution in [0.5, 0.6) is 5.06 Å². The van der Waals surface area contributed by atoms with Gasteiger partial charge in [-0.2, -0.15) is 0 Å². The molecule has 0 saturated heterocycles. The SMILES string of the molecule is CN1CCc2ccc(NC(=O)C(CCCNC(N)=O)NC(=O)Oc3ccc(Cl)s3)cc2CC1. The number of nitrogens with one attached hydrogen (secondary N) is 3. The third-order valence-electron chi connectivity index (χ3n) is 5.32. The molecule has 2 aromatic rings. The number of nitrogens with two attached hydrogens (primary N) is 1. The van der Waals surface area contributed by atoms with E-state index in [0.717, 1.165) is 37.3 Å². The monoisotopic (exact) mass is 493 g/mol. The number of rotatable bonds is 8. The van der Waals surface area contributed by atoms with Gasteiger partial charge in [-0.1, -0.05) is 29.0 Å². The molecule has 9 nitrogen and oxygen atoms in total. The van der Waals surface area contributed by atoms with E-state index in [1.165, 1.54) is 11.1 Å². The number of hydrogen-bond acceptors (Lipinski definition) is 6. The number of benzene rings is 1. The zero-order valence-electron chi connectivity index (χ0n) is 18.4. The van der Waals surface area contributed by atoms with E-state index in [-0.39, 0.29) is 18.9 Å². The molecular formula is C22H28ClN5O4S. The van der Waals surface area contributed by atoms with E-state index in [4.69, 9.17) is 22.1 Å². The molecule has 0 fully saturated rings. The summed E-state index contributed by atoms with van der Waals surface area (Å²) >= 11 is 6.98. The standard InChI is InChI=1S/C22H28ClN5O4S/c1-28-11-8-14-4-5-16(13-15(14)9-12-28)26-20(29)17(3-2-10-25-21(24)30)27-22(31)32-19-7-6-18(23)33-19/h4-7,13,17H,2-3,8-12H2,1H3,(H,26,29)(H,27,31)(H3,24,25,30). The molecule has 1 aliphatic heterocycles. The highest BCUT2D eigenvalue weighted by Gasteiger charge is 2.23. The minimum Gasteiger partial charge on any atom is -0.399 e. The highest BCUT2D eigenvalue weighted by molar-refractivity contribution is 7.17. The van der Waals surface area contributed by atoms with Crippen molar-refractivity contribution in [2.75, 3.05) is 32.0 Å². The van der Waals surface area contributed by atoms with E-state index in [0.29, 0.717) is 21.5 Å². The number of carbonyl (C=O) groups excluding carboxylic acids is 3. The van der Waals surface area contributed by atoms with Crippen LogP contribution in [0.15, 0.2) is 30.3 Å². The predicted molar refractivity (Wildman–Crippen MR) is 129 cm³/mol. The first-order chi connectivity index (χ1) is 15.8. The van der Waals surface area contributed by atoms with E-state index < -0.39 is 18.2 Å². The molecule has 0 radical (unpaired) electrons. The average molecular weight is 494 g/mol. The summed E-state index contributed by atoms with van der Waals surface area (Å²) in [5.74, 6) is -0.374. The fraction of sp³-hybridized carbons (Fsp3) is 0.409. The van der Waals surface area contributed by atoms with Crippen molar-refractivity contribution in [3.8, 4) is 5.06 Å². The molecule has 1 unspecified atom stereocenters. The lowest BCUT2D eigenvalue weighted by Gasteiger charge is -2.19. The summed E-state index contributed by atoms with van der Waals surface area (Å²) in [6, 6.07) is 7.58. The number of carbonyl (C=O) groups is 3. The summed E-state index contributed by atoms with van der Waals surface area (Å²) < 4.78 is 5.70. The van der Waals surface area contributed by atoms with Crippen LogP contribution in [0.2, 0.25) is 4.34 Å². The van der Waals surface area contributed by atoms with E-state index >= 15 is 0 Å². The van der Waals surface area contributed by atoms with Crippen LogP contribution < -0.4 is 26.4 Å². The summed E-state index contributed by atoms with van der Waals surface area (Å²) in [5, 5.41) is 8.29. The zero-order chi connectivity index (χ0) is 23.8. The van der Waals surface area contributed by atoms with Gasteiger partial charge in [-0.05, 0) is 68.1 Å². The van der Waals surface area contributed by atoms with Gasteiger partial charge < -0.3 is 31.3 Å². The molecule has 11 heteroatoms. The number of ether oxygens (including phenoxy) is 1. The van der Waals surface area contributed by atoms with E-state index in [9.17, 15) is 14.4 Å². The van der Waals surface area contributed by atoms with Crippen LogP contribution in [0.3, 0.4) is 0 Å². The summed E-state index contributed by atoms with van der Waals surface area (Å²) in [5.41, 5.74) is 8.24. The van der Waals surface area contributed by atoms with Crippen LogP contribution >= 0.6 is 22.9 Å². The van der Waals surface area contributed by atoms with E-state index in [1.54, 1.807) is 12.1 Å². The number of hydrogen-bond donors (Lipinski definition) is 4. The van der Waals surface area contributed by atoms with Crippen molar-refractivity contribution in [2.45, 2.75) is 31.7 Å². The Balaban J connectivity index is 1.64. The van der Waals surface area contributed by atoms with Crippen molar-refractivity contribution in [1.29, 1.82) is 0 Å². The summed E-state index contributed by atoms with van der Waals surface area (Å²) in [6.07, 6.45) is 1.83. The Hall–Kier alpha value is -2.82. The molecule has 0 bridgehead atoms. The van der Waals surface area contributed by atoms with E-state index in [1.807, 2.05) is 18.2 Å². The molecule has 4 amide bonds. The first-order valence-corrected chi connectivity index (χ1v) is 11.9. The van der Waals surface area contributed by atoms with Crippen molar-refractivity contribution < 1.29 is 19.1 Å². The number of likely N-dealkylation sites (N-methyl/N-ethyl adjacent to an activating group) is 1. The van der Waals surface area contributed by atoms with Gasteiger partial charge in [0.15, 0.2) is 5.06 Å². The highest BCUT2D eigenvalue weighted by atomic mass is 35.5. The molecule has 1 aromatic heterocycles. The van der Waals surface area contributed by atoms with Gasteiger partial charge in [-0.15, -0.1) is 0 Å². The molecule has 0 spiro atoms. The molecule has 178 valence electrons. The quantitative estimate of drug-likeness (QED) is 0.420. The third-order valence-corrected chi connectivity index (χ3v) is 6.43. The number of halogens is 1. The van der Waals surface area contributed by atoms with Crippen molar-refractivity contribution in [3.05, 3.63) is 45.8 Å². The number of anilines is 1. The number of fused-ring (bicyclic) bond motifs is 1. The lowest BCUT2D eigenvalue weighted by atomic mass is 10.0. The third kappa shape index (κ3) is 7.92. The topological polar surface area (TPSA) is 126 Å². The van der Waals surface area contributed by atoms with Crippen molar-refractivity contribution in [1.82, 2.24) is 15.5 Å². The average Bonchev–Trinajstić information content (AvgIpc) is 3.07. The van der Waals surface area contributed by atoms with Gasteiger partial charge in [0.25, 0.3) is 0 Å². The summed E-state index contributed by atoms with van der Waals surface area (Å²) in [6.45, 7) is 2.24. The summed E-state index contributed by atoms with van der Waals surface area (Å²) in [7, 11) is 2.10. The molecule has 3 rings (SSSR count). The van der Waals surface area contributed by atoms with Crippen LogP contribution in [-0.4, -0.2) is 55.7 Å². The van der Waals surface area contributed by atoms with Gasteiger partial charge in [-0.3, -0.25) is 4.79 Å². The second kappa shape index (κ2) is 11.9. The molecule has 0 aliphatic carbocycles. The van der Waals surface area contributed by atoms with Crippen molar-refractivity contribution in [3.63, 3.8) is 0 Å². The van der Waals surface area contributed by atoms with E-state index in [2.05, 4.69) is 27.9 Å². The van der Waals surface area contributed by atoms with Gasteiger partial charge in [-0.25, -0.2) is 9.59 Å². The number of urea groups is 1. The van der Waals surface area contributed by atoms with Crippen LogP contribution in [0.4, 0.5) is 15.3 Å². The van der Waals surface area contributed by atoms with Crippen LogP contribution in [0.1, 0.15) is 24.0 Å². The Labute approximate surface area is 201 Å².